The van der Waals surface area contributed by atoms with Gasteiger partial charge in [-0.15, -0.1) is 0 Å². The fraction of sp³-hybridized carbons (Fsp3) is 0.500. The van der Waals surface area contributed by atoms with E-state index in [1.54, 1.807) is 51.1 Å². The molecule has 1 aromatic carbocycles. The maximum Gasteiger partial charge on any atom is 0.334 e. The van der Waals surface area contributed by atoms with Gasteiger partial charge in [-0.2, -0.15) is 0 Å². The second kappa shape index (κ2) is 6.06. The highest BCUT2D eigenvalue weighted by atomic mass is 16.6. The monoisotopic (exact) mass is 308 g/mol. The number of rotatable bonds is 5. The highest BCUT2D eigenvalue weighted by Gasteiger charge is 2.58. The number of methoxy groups -OCH3 is 1. The van der Waals surface area contributed by atoms with Crippen LogP contribution in [-0.4, -0.2) is 30.2 Å². The molecule has 122 valence electrons. The topological polar surface area (TPSA) is 105 Å². The fourth-order valence-corrected chi connectivity index (χ4v) is 2.10. The molecule has 22 heavy (non-hydrogen) atoms. The minimum Gasteiger partial charge on any atom is -0.458 e. The lowest BCUT2D eigenvalue weighted by Crippen LogP contribution is -2.68. The number of esters is 1. The molecule has 0 radical (unpaired) electrons. The summed E-state index contributed by atoms with van der Waals surface area (Å²) in [5, 5.41) is 0. The van der Waals surface area contributed by atoms with E-state index in [-0.39, 0.29) is 0 Å². The van der Waals surface area contributed by atoms with Crippen LogP contribution in [0.15, 0.2) is 30.3 Å². The minimum atomic E-state index is -1.87. The molecule has 6 nitrogen and oxygen atoms in total. The van der Waals surface area contributed by atoms with Crippen molar-refractivity contribution in [2.75, 3.05) is 7.11 Å². The first-order valence-corrected chi connectivity index (χ1v) is 6.92. The van der Waals surface area contributed by atoms with Crippen molar-refractivity contribution in [2.45, 2.75) is 44.4 Å². The minimum absolute atomic E-state index is 0.382. The molecule has 4 N–H and O–H groups in total. The molecule has 0 heterocycles. The van der Waals surface area contributed by atoms with Gasteiger partial charge in [0.1, 0.15) is 5.60 Å². The summed E-state index contributed by atoms with van der Waals surface area (Å²) in [5.41, 5.74) is 7.78. The largest absolute Gasteiger partial charge is 0.458 e. The molecule has 0 saturated carbocycles. The molecule has 6 heteroatoms. The molecule has 1 amide bonds. The first kappa shape index (κ1) is 18.1. The third-order valence-electron chi connectivity index (χ3n) is 3.58. The molecule has 1 rings (SSSR count). The Morgan fingerprint density at radius 1 is 1.05 bits per heavy atom. The third kappa shape index (κ3) is 3.13. The molecule has 0 saturated heterocycles. The molecular formula is C16H24N2O4. The second-order valence-electron chi connectivity index (χ2n) is 6.28. The maximum atomic E-state index is 12.8. The van der Waals surface area contributed by atoms with Crippen molar-refractivity contribution in [3.05, 3.63) is 35.9 Å². The number of primary amides is 1. The van der Waals surface area contributed by atoms with E-state index in [2.05, 4.69) is 0 Å². The Morgan fingerprint density at radius 3 is 1.91 bits per heavy atom. The molecule has 1 aromatic rings. The molecule has 0 aliphatic carbocycles. The fourth-order valence-electron chi connectivity index (χ4n) is 2.10. The van der Waals surface area contributed by atoms with Gasteiger partial charge in [0.15, 0.2) is 11.1 Å². The van der Waals surface area contributed by atoms with Gasteiger partial charge in [0.05, 0.1) is 0 Å². The SMILES string of the molecule is COC(C)(C(N)=O)C(N)(C(=O)OC(C)(C)C)c1ccccc1. The van der Waals surface area contributed by atoms with Crippen molar-refractivity contribution >= 4 is 11.9 Å². The Hall–Kier alpha value is -1.92. The third-order valence-corrected chi connectivity index (χ3v) is 3.58. The van der Waals surface area contributed by atoms with Crippen LogP contribution in [0, 0.1) is 0 Å². The number of carbonyl (C=O) groups is 2. The van der Waals surface area contributed by atoms with Crippen molar-refractivity contribution in [1.29, 1.82) is 0 Å². The quantitative estimate of drug-likeness (QED) is 0.792. The summed E-state index contributed by atoms with van der Waals surface area (Å²) in [4.78, 5) is 24.7. The Morgan fingerprint density at radius 2 is 1.55 bits per heavy atom. The smallest absolute Gasteiger partial charge is 0.334 e. The number of ether oxygens (including phenoxy) is 2. The number of hydrogen-bond acceptors (Lipinski definition) is 5. The maximum absolute atomic E-state index is 12.8. The summed E-state index contributed by atoms with van der Waals surface area (Å²) in [6.07, 6.45) is 0. The van der Waals surface area contributed by atoms with E-state index in [0.717, 1.165) is 0 Å². The molecule has 2 atom stereocenters. The summed E-state index contributed by atoms with van der Waals surface area (Å²) in [6, 6.07) is 8.44. The van der Waals surface area contributed by atoms with Crippen molar-refractivity contribution < 1.29 is 19.1 Å². The van der Waals surface area contributed by atoms with Crippen LogP contribution in [0.2, 0.25) is 0 Å². The van der Waals surface area contributed by atoms with Gasteiger partial charge in [-0.3, -0.25) is 4.79 Å². The van der Waals surface area contributed by atoms with E-state index < -0.39 is 28.6 Å². The van der Waals surface area contributed by atoms with Crippen molar-refractivity contribution in [1.82, 2.24) is 0 Å². The van der Waals surface area contributed by atoms with E-state index in [0.29, 0.717) is 5.56 Å². The molecule has 0 aromatic heterocycles. The highest BCUT2D eigenvalue weighted by molar-refractivity contribution is 5.96. The Kier molecular flexibility index (Phi) is 4.99. The molecule has 2 unspecified atom stereocenters. The highest BCUT2D eigenvalue weighted by Crippen LogP contribution is 2.35. The summed E-state index contributed by atoms with van der Waals surface area (Å²) < 4.78 is 10.7. The van der Waals surface area contributed by atoms with Gasteiger partial charge in [0.2, 0.25) is 0 Å². The van der Waals surface area contributed by atoms with Gasteiger partial charge in [0, 0.05) is 7.11 Å². The van der Waals surface area contributed by atoms with Crippen LogP contribution in [-0.2, 0) is 24.6 Å². The van der Waals surface area contributed by atoms with Crippen LogP contribution < -0.4 is 11.5 Å². The lowest BCUT2D eigenvalue weighted by Gasteiger charge is -2.42. The van der Waals surface area contributed by atoms with Gasteiger partial charge in [-0.25, -0.2) is 4.79 Å². The lowest BCUT2D eigenvalue weighted by molar-refractivity contribution is -0.180. The number of benzene rings is 1. The molecule has 0 spiro atoms. The van der Waals surface area contributed by atoms with Crippen LogP contribution >= 0.6 is 0 Å². The van der Waals surface area contributed by atoms with Crippen molar-refractivity contribution in [3.63, 3.8) is 0 Å². The number of amides is 1. The Labute approximate surface area is 130 Å². The van der Waals surface area contributed by atoms with Crippen molar-refractivity contribution in [3.8, 4) is 0 Å². The van der Waals surface area contributed by atoms with Crippen LogP contribution in [0.1, 0.15) is 33.3 Å². The summed E-state index contributed by atoms with van der Waals surface area (Å²) in [6.45, 7) is 6.52. The summed E-state index contributed by atoms with van der Waals surface area (Å²) >= 11 is 0. The zero-order valence-electron chi connectivity index (χ0n) is 13.7. The van der Waals surface area contributed by atoms with E-state index >= 15 is 0 Å². The molecule has 0 fully saturated rings. The summed E-state index contributed by atoms with van der Waals surface area (Å²) in [7, 11) is 1.28. The number of nitrogens with two attached hydrogens (primary N) is 2. The van der Waals surface area contributed by atoms with E-state index in [1.165, 1.54) is 14.0 Å². The van der Waals surface area contributed by atoms with Crippen LogP contribution in [0.4, 0.5) is 0 Å². The van der Waals surface area contributed by atoms with E-state index in [1.807, 2.05) is 0 Å². The molecule has 0 aliphatic rings. The van der Waals surface area contributed by atoms with Crippen molar-refractivity contribution in [2.24, 2.45) is 11.5 Å². The predicted octanol–water partition coefficient (Wildman–Crippen LogP) is 1.07. The van der Waals surface area contributed by atoms with Crippen LogP contribution in [0.5, 0.6) is 0 Å². The standard InChI is InChI=1S/C16H24N2O4/c1-14(2,3)22-13(20)16(18,11-9-7-6-8-10-11)15(4,21-5)12(17)19/h6-10H,18H2,1-5H3,(H2,17,19). The summed E-state index contributed by atoms with van der Waals surface area (Å²) in [5.74, 6) is -1.64. The zero-order chi connectivity index (χ0) is 17.2. The van der Waals surface area contributed by atoms with Gasteiger partial charge in [0.25, 0.3) is 5.91 Å². The van der Waals surface area contributed by atoms with Crippen LogP contribution in [0.25, 0.3) is 0 Å². The van der Waals surface area contributed by atoms with Gasteiger partial charge in [-0.1, -0.05) is 30.3 Å². The average molecular weight is 308 g/mol. The van der Waals surface area contributed by atoms with Gasteiger partial charge < -0.3 is 20.9 Å². The normalized spacial score (nSPS) is 17.2. The Balaban J connectivity index is 3.52. The van der Waals surface area contributed by atoms with Gasteiger partial charge >= 0.3 is 5.97 Å². The zero-order valence-corrected chi connectivity index (χ0v) is 13.7. The number of carbonyl (C=O) groups excluding carboxylic acids is 2. The molecular weight excluding hydrogens is 284 g/mol. The number of hydrogen-bond donors (Lipinski definition) is 2. The predicted molar refractivity (Wildman–Crippen MR) is 82.8 cm³/mol. The van der Waals surface area contributed by atoms with E-state index in [9.17, 15) is 9.59 Å². The Bertz CT molecular complexity index is 553. The first-order valence-electron chi connectivity index (χ1n) is 6.92. The van der Waals surface area contributed by atoms with E-state index in [4.69, 9.17) is 20.9 Å². The first-order chi connectivity index (χ1) is 9.99. The molecule has 0 bridgehead atoms. The van der Waals surface area contributed by atoms with Crippen LogP contribution in [0.3, 0.4) is 0 Å². The molecule has 0 aliphatic heterocycles. The average Bonchev–Trinajstić information content (AvgIpc) is 2.44. The van der Waals surface area contributed by atoms with Gasteiger partial charge in [-0.05, 0) is 33.3 Å². The second-order valence-corrected chi connectivity index (χ2v) is 6.28. The lowest BCUT2D eigenvalue weighted by atomic mass is 9.75.